The van der Waals surface area contributed by atoms with Gasteiger partial charge in [0.1, 0.15) is 0 Å². The maximum absolute atomic E-state index is 11.1. The summed E-state index contributed by atoms with van der Waals surface area (Å²) in [5.41, 5.74) is 10.2. The third kappa shape index (κ3) is 4.97. The maximum Gasteiger partial charge on any atom is 0.337 e. The molecule has 28 heavy (non-hydrogen) atoms. The van der Waals surface area contributed by atoms with Crippen LogP contribution in [0.5, 0.6) is 0 Å². The lowest BCUT2D eigenvalue weighted by Crippen LogP contribution is -2.23. The van der Waals surface area contributed by atoms with E-state index in [1.54, 1.807) is 12.1 Å². The summed E-state index contributed by atoms with van der Waals surface area (Å²) in [5.74, 6) is -1.02. The number of nitrogens with one attached hydrogen (secondary N) is 1. The average Bonchev–Trinajstić information content (AvgIpc) is 2.72. The van der Waals surface area contributed by atoms with Gasteiger partial charge in [-0.2, -0.15) is 0 Å². The minimum absolute atomic E-state index is 0.115. The lowest BCUT2D eigenvalue weighted by molar-refractivity contribution is 0.0698. The lowest BCUT2D eigenvalue weighted by atomic mass is 10.0. The Morgan fingerprint density at radius 3 is 2.29 bits per heavy atom. The highest BCUT2D eigenvalue weighted by molar-refractivity contribution is 5.94. The minimum atomic E-state index is -1.02. The second-order valence-electron chi connectivity index (χ2n) is 6.68. The third-order valence-corrected chi connectivity index (χ3v) is 4.68. The van der Waals surface area contributed by atoms with Crippen LogP contribution >= 0.6 is 0 Å². The molecule has 0 unspecified atom stereocenters. The normalized spacial score (nSPS) is 11.9. The van der Waals surface area contributed by atoms with E-state index in [0.717, 1.165) is 29.7 Å². The van der Waals surface area contributed by atoms with Crippen molar-refractivity contribution < 1.29 is 15.0 Å². The molecule has 0 saturated carbocycles. The van der Waals surface area contributed by atoms with E-state index in [1.807, 2.05) is 54.6 Å². The molecule has 1 atom stereocenters. The Labute approximate surface area is 164 Å². The van der Waals surface area contributed by atoms with Crippen molar-refractivity contribution in [2.45, 2.75) is 12.5 Å². The Balaban J connectivity index is 1.52. The van der Waals surface area contributed by atoms with Crippen molar-refractivity contribution in [2.75, 3.05) is 18.8 Å². The number of hydrogen-bond acceptors (Lipinski definition) is 4. The van der Waals surface area contributed by atoms with E-state index in [1.165, 1.54) is 11.6 Å². The zero-order chi connectivity index (χ0) is 19.9. The molecule has 0 heterocycles. The molecule has 0 aliphatic rings. The van der Waals surface area contributed by atoms with Crippen LogP contribution in [0.25, 0.3) is 11.1 Å². The van der Waals surface area contributed by atoms with Gasteiger partial charge >= 0.3 is 5.97 Å². The van der Waals surface area contributed by atoms with Gasteiger partial charge in [0.05, 0.1) is 11.7 Å². The molecule has 5 N–H and O–H groups in total. The van der Waals surface area contributed by atoms with Gasteiger partial charge in [-0.25, -0.2) is 4.79 Å². The van der Waals surface area contributed by atoms with Gasteiger partial charge < -0.3 is 21.3 Å². The smallest absolute Gasteiger partial charge is 0.337 e. The van der Waals surface area contributed by atoms with Crippen LogP contribution in [-0.4, -0.2) is 29.3 Å². The van der Waals surface area contributed by atoms with Gasteiger partial charge in [0.2, 0.25) is 0 Å². The maximum atomic E-state index is 11.1. The standard InChI is InChI=1S/C23H24N2O3/c24-21-14-19(10-11-20(21)23(27)28)17-8-6-16(7-9-17)12-13-25-15-22(26)18-4-2-1-3-5-18/h1-11,14,22,25-26H,12-13,15,24H2,(H,27,28)/t22-/m1/s1. The largest absolute Gasteiger partial charge is 0.478 e. The molecule has 0 radical (unpaired) electrons. The van der Waals surface area contributed by atoms with Gasteiger partial charge in [0.15, 0.2) is 0 Å². The van der Waals surface area contributed by atoms with Gasteiger partial charge in [-0.15, -0.1) is 0 Å². The Hall–Kier alpha value is -3.15. The predicted octanol–water partition coefficient (Wildman–Crippen LogP) is 3.50. The first-order valence-corrected chi connectivity index (χ1v) is 9.20. The Bertz CT molecular complexity index is 924. The van der Waals surface area contributed by atoms with Crippen LogP contribution in [0, 0.1) is 0 Å². The van der Waals surface area contributed by atoms with E-state index in [4.69, 9.17) is 10.8 Å². The second kappa shape index (κ2) is 9.17. The topological polar surface area (TPSA) is 95.6 Å². The Kier molecular flexibility index (Phi) is 6.42. The predicted molar refractivity (Wildman–Crippen MR) is 111 cm³/mol. The van der Waals surface area contributed by atoms with E-state index in [2.05, 4.69) is 5.32 Å². The average molecular weight is 376 g/mol. The van der Waals surface area contributed by atoms with Gasteiger partial charge in [0.25, 0.3) is 0 Å². The summed E-state index contributed by atoms with van der Waals surface area (Å²) in [6.07, 6.45) is 0.338. The number of hydrogen-bond donors (Lipinski definition) is 4. The summed E-state index contributed by atoms with van der Waals surface area (Å²) in [7, 11) is 0. The number of nitrogens with two attached hydrogens (primary N) is 1. The summed E-state index contributed by atoms with van der Waals surface area (Å²) in [6.45, 7) is 1.28. The van der Waals surface area contributed by atoms with Crippen LogP contribution in [-0.2, 0) is 6.42 Å². The molecule has 3 rings (SSSR count). The molecule has 5 nitrogen and oxygen atoms in total. The number of aliphatic hydroxyl groups is 1. The summed E-state index contributed by atoms with van der Waals surface area (Å²) >= 11 is 0. The highest BCUT2D eigenvalue weighted by atomic mass is 16.4. The van der Waals surface area contributed by atoms with Crippen molar-refractivity contribution in [3.63, 3.8) is 0 Å². The Morgan fingerprint density at radius 1 is 0.964 bits per heavy atom. The van der Waals surface area contributed by atoms with Gasteiger partial charge in [-0.3, -0.25) is 0 Å². The molecule has 3 aromatic rings. The number of carbonyl (C=O) groups is 1. The van der Waals surface area contributed by atoms with Crippen molar-refractivity contribution in [1.29, 1.82) is 0 Å². The van der Waals surface area contributed by atoms with Crippen molar-refractivity contribution in [3.05, 3.63) is 89.5 Å². The number of anilines is 1. The summed E-state index contributed by atoms with van der Waals surface area (Å²) < 4.78 is 0. The Morgan fingerprint density at radius 2 is 1.64 bits per heavy atom. The molecule has 3 aromatic carbocycles. The van der Waals surface area contributed by atoms with Crippen LogP contribution in [0.4, 0.5) is 5.69 Å². The SMILES string of the molecule is Nc1cc(-c2ccc(CCNC[C@@H](O)c3ccccc3)cc2)ccc1C(=O)O. The fourth-order valence-electron chi connectivity index (χ4n) is 3.07. The van der Waals surface area contributed by atoms with E-state index in [0.29, 0.717) is 6.54 Å². The van der Waals surface area contributed by atoms with Crippen LogP contribution in [0.15, 0.2) is 72.8 Å². The fraction of sp³-hybridized carbons (Fsp3) is 0.174. The number of benzene rings is 3. The van der Waals surface area contributed by atoms with Gasteiger partial charge in [0, 0.05) is 12.2 Å². The van der Waals surface area contributed by atoms with Crippen molar-refractivity contribution in [2.24, 2.45) is 0 Å². The number of nitrogen functional groups attached to an aromatic ring is 1. The van der Waals surface area contributed by atoms with E-state index in [-0.39, 0.29) is 11.3 Å². The molecule has 5 heteroatoms. The first-order valence-electron chi connectivity index (χ1n) is 9.20. The fourth-order valence-corrected chi connectivity index (χ4v) is 3.07. The van der Waals surface area contributed by atoms with E-state index in [9.17, 15) is 9.90 Å². The van der Waals surface area contributed by atoms with Gasteiger partial charge in [-0.05, 0) is 47.4 Å². The monoisotopic (exact) mass is 376 g/mol. The molecule has 144 valence electrons. The molecule has 0 aliphatic carbocycles. The van der Waals surface area contributed by atoms with Crippen LogP contribution in [0.1, 0.15) is 27.6 Å². The summed E-state index contributed by atoms with van der Waals surface area (Å²) in [4.78, 5) is 11.1. The summed E-state index contributed by atoms with van der Waals surface area (Å²) in [5, 5.41) is 22.5. The summed E-state index contributed by atoms with van der Waals surface area (Å²) in [6, 6.07) is 22.7. The molecule has 0 amide bonds. The third-order valence-electron chi connectivity index (χ3n) is 4.68. The number of aromatic carboxylic acids is 1. The molecule has 0 saturated heterocycles. The number of rotatable bonds is 8. The zero-order valence-electron chi connectivity index (χ0n) is 15.5. The number of aliphatic hydroxyl groups excluding tert-OH is 1. The van der Waals surface area contributed by atoms with E-state index >= 15 is 0 Å². The molecule has 0 fully saturated rings. The highest BCUT2D eigenvalue weighted by Crippen LogP contribution is 2.24. The highest BCUT2D eigenvalue weighted by Gasteiger charge is 2.09. The molecular weight excluding hydrogens is 352 g/mol. The van der Waals surface area contributed by atoms with Crippen molar-refractivity contribution in [3.8, 4) is 11.1 Å². The molecule has 0 aliphatic heterocycles. The molecule has 0 spiro atoms. The van der Waals surface area contributed by atoms with Crippen LogP contribution in [0.3, 0.4) is 0 Å². The van der Waals surface area contributed by atoms with Crippen molar-refractivity contribution in [1.82, 2.24) is 5.32 Å². The second-order valence-corrected chi connectivity index (χ2v) is 6.68. The quantitative estimate of drug-likeness (QED) is 0.356. The zero-order valence-corrected chi connectivity index (χ0v) is 15.5. The van der Waals surface area contributed by atoms with Gasteiger partial charge in [-0.1, -0.05) is 60.7 Å². The van der Waals surface area contributed by atoms with Crippen molar-refractivity contribution >= 4 is 11.7 Å². The van der Waals surface area contributed by atoms with E-state index < -0.39 is 12.1 Å². The van der Waals surface area contributed by atoms with Crippen LogP contribution in [0.2, 0.25) is 0 Å². The number of carboxylic acids is 1. The first-order chi connectivity index (χ1) is 13.5. The number of carboxylic acid groups (broad SMARTS) is 1. The molecular formula is C23H24N2O3. The lowest BCUT2D eigenvalue weighted by Gasteiger charge is -2.12. The first kappa shape index (κ1) is 19.6. The molecule has 0 bridgehead atoms. The minimum Gasteiger partial charge on any atom is -0.478 e. The molecule has 0 aromatic heterocycles. The van der Waals surface area contributed by atoms with Crippen LogP contribution < -0.4 is 11.1 Å².